The molecule has 0 N–H and O–H groups in total. The van der Waals surface area contributed by atoms with Crippen LogP contribution in [0.4, 0.5) is 0 Å². The number of fused-ring (bicyclic) bond motifs is 1. The summed E-state index contributed by atoms with van der Waals surface area (Å²) in [6, 6.07) is 0. The summed E-state index contributed by atoms with van der Waals surface area (Å²) in [5, 5.41) is 2.42. The van der Waals surface area contributed by atoms with Gasteiger partial charge in [-0.2, -0.15) is 0 Å². The summed E-state index contributed by atoms with van der Waals surface area (Å²) in [7, 11) is 0. The summed E-state index contributed by atoms with van der Waals surface area (Å²) in [6.07, 6.45) is 8.96. The van der Waals surface area contributed by atoms with Gasteiger partial charge in [0.05, 0.1) is 0 Å². The minimum atomic E-state index is 1.25. The van der Waals surface area contributed by atoms with Crippen LogP contribution in [0.5, 0.6) is 0 Å². The fourth-order valence-electron chi connectivity index (χ4n) is 2.95. The third kappa shape index (κ3) is 2.49. The molecule has 0 unspecified atom stereocenters. The van der Waals surface area contributed by atoms with E-state index >= 15 is 0 Å². The van der Waals surface area contributed by atoms with Gasteiger partial charge < -0.3 is 0 Å². The highest BCUT2D eigenvalue weighted by atomic mass is 32.1. The van der Waals surface area contributed by atoms with Crippen LogP contribution >= 0.6 is 11.3 Å². The lowest BCUT2D eigenvalue weighted by molar-refractivity contribution is 0.871. The quantitative estimate of drug-likeness (QED) is 0.613. The monoisotopic (exact) mass is 248 g/mol. The van der Waals surface area contributed by atoms with E-state index in [2.05, 4.69) is 26.2 Å². The standard InChI is InChI=1S/C16H24S/c1-4-7-12-10-13-11-17-15(9-6-3)16(13)14(12)8-5-2/h11H,4-10H2,1-3H3. The molecule has 0 radical (unpaired) electrons. The first-order chi connectivity index (χ1) is 8.31. The molecular weight excluding hydrogens is 224 g/mol. The summed E-state index contributed by atoms with van der Waals surface area (Å²) in [6.45, 7) is 6.90. The minimum absolute atomic E-state index is 1.25. The third-order valence-electron chi connectivity index (χ3n) is 3.60. The highest BCUT2D eigenvalue weighted by molar-refractivity contribution is 7.10. The maximum Gasteiger partial charge on any atom is 0.0123 e. The van der Waals surface area contributed by atoms with Crippen molar-refractivity contribution in [3.8, 4) is 0 Å². The Morgan fingerprint density at radius 2 is 1.71 bits per heavy atom. The van der Waals surface area contributed by atoms with Crippen molar-refractivity contribution in [1.82, 2.24) is 0 Å². The van der Waals surface area contributed by atoms with E-state index < -0.39 is 0 Å². The van der Waals surface area contributed by atoms with Gasteiger partial charge in [-0.05, 0) is 47.8 Å². The second-order valence-corrected chi connectivity index (χ2v) is 6.03. The zero-order chi connectivity index (χ0) is 12.3. The topological polar surface area (TPSA) is 0 Å². The molecule has 94 valence electrons. The van der Waals surface area contributed by atoms with Gasteiger partial charge in [-0.1, -0.05) is 45.6 Å². The lowest BCUT2D eigenvalue weighted by atomic mass is 9.98. The van der Waals surface area contributed by atoms with Gasteiger partial charge in [0.1, 0.15) is 0 Å². The van der Waals surface area contributed by atoms with Gasteiger partial charge in [-0.25, -0.2) is 0 Å². The predicted molar refractivity (Wildman–Crippen MR) is 78.8 cm³/mol. The normalized spacial score (nSPS) is 14.5. The van der Waals surface area contributed by atoms with Crippen LogP contribution in [0.1, 0.15) is 68.9 Å². The second-order valence-electron chi connectivity index (χ2n) is 5.07. The number of allylic oxidation sites excluding steroid dienone is 2. The third-order valence-corrected chi connectivity index (χ3v) is 4.70. The molecule has 0 aromatic carbocycles. The van der Waals surface area contributed by atoms with Gasteiger partial charge in [0.2, 0.25) is 0 Å². The summed E-state index contributed by atoms with van der Waals surface area (Å²) < 4.78 is 0. The molecule has 1 aliphatic rings. The number of aryl methyl sites for hydroxylation is 1. The van der Waals surface area contributed by atoms with Gasteiger partial charge in [-0.3, -0.25) is 0 Å². The molecule has 0 bridgehead atoms. The summed E-state index contributed by atoms with van der Waals surface area (Å²) in [5.74, 6) is 0. The lowest BCUT2D eigenvalue weighted by Crippen LogP contribution is -1.89. The highest BCUT2D eigenvalue weighted by Gasteiger charge is 2.24. The number of thiophene rings is 1. The van der Waals surface area contributed by atoms with Crippen LogP contribution in [-0.4, -0.2) is 0 Å². The molecule has 1 heteroatoms. The van der Waals surface area contributed by atoms with Crippen molar-refractivity contribution >= 4 is 16.9 Å². The van der Waals surface area contributed by atoms with Crippen molar-refractivity contribution in [3.05, 3.63) is 27.0 Å². The largest absolute Gasteiger partial charge is 0.148 e. The van der Waals surface area contributed by atoms with Gasteiger partial charge in [-0.15, -0.1) is 11.3 Å². The SMILES string of the molecule is CCCC1=C(CCC)c2c(csc2CCC)C1. The van der Waals surface area contributed by atoms with Crippen LogP contribution in [0.2, 0.25) is 0 Å². The average Bonchev–Trinajstić information content (AvgIpc) is 2.83. The Morgan fingerprint density at radius 1 is 1.00 bits per heavy atom. The molecule has 0 aliphatic heterocycles. The molecule has 1 aromatic heterocycles. The van der Waals surface area contributed by atoms with Crippen molar-refractivity contribution in [1.29, 1.82) is 0 Å². The molecule has 0 atom stereocenters. The van der Waals surface area contributed by atoms with E-state index in [1.165, 1.54) is 44.9 Å². The average molecular weight is 248 g/mol. The number of hydrogen-bond acceptors (Lipinski definition) is 1. The predicted octanol–water partition coefficient (Wildman–Crippen LogP) is 5.61. The summed E-state index contributed by atoms with van der Waals surface area (Å²) in [4.78, 5) is 1.65. The molecule has 1 aromatic rings. The first kappa shape index (κ1) is 12.9. The molecule has 0 saturated heterocycles. The van der Waals surface area contributed by atoms with Crippen LogP contribution in [0, 0.1) is 0 Å². The van der Waals surface area contributed by atoms with E-state index in [1.807, 2.05) is 11.3 Å². The van der Waals surface area contributed by atoms with Crippen molar-refractivity contribution in [2.24, 2.45) is 0 Å². The van der Waals surface area contributed by atoms with Crippen LogP contribution in [0.15, 0.2) is 11.0 Å². The molecule has 2 rings (SSSR count). The van der Waals surface area contributed by atoms with Gasteiger partial charge >= 0.3 is 0 Å². The van der Waals surface area contributed by atoms with Crippen LogP contribution in [-0.2, 0) is 12.8 Å². The zero-order valence-corrected chi connectivity index (χ0v) is 12.3. The first-order valence-electron chi connectivity index (χ1n) is 7.12. The molecule has 0 nitrogen and oxygen atoms in total. The Morgan fingerprint density at radius 3 is 2.35 bits per heavy atom. The minimum Gasteiger partial charge on any atom is -0.148 e. The van der Waals surface area contributed by atoms with E-state index in [1.54, 1.807) is 27.2 Å². The molecule has 17 heavy (non-hydrogen) atoms. The Kier molecular flexibility index (Phi) is 4.44. The Bertz CT molecular complexity index is 409. The van der Waals surface area contributed by atoms with Crippen LogP contribution in [0.25, 0.3) is 5.57 Å². The molecule has 0 fully saturated rings. The van der Waals surface area contributed by atoms with Crippen molar-refractivity contribution < 1.29 is 0 Å². The fourth-order valence-corrected chi connectivity index (χ4v) is 4.13. The van der Waals surface area contributed by atoms with Crippen molar-refractivity contribution in [3.63, 3.8) is 0 Å². The van der Waals surface area contributed by atoms with E-state index in [9.17, 15) is 0 Å². The van der Waals surface area contributed by atoms with E-state index in [0.29, 0.717) is 0 Å². The molecule has 1 aliphatic carbocycles. The fraction of sp³-hybridized carbons (Fsp3) is 0.625. The first-order valence-corrected chi connectivity index (χ1v) is 8.00. The summed E-state index contributed by atoms with van der Waals surface area (Å²) >= 11 is 1.99. The van der Waals surface area contributed by atoms with E-state index in [0.717, 1.165) is 0 Å². The van der Waals surface area contributed by atoms with Crippen molar-refractivity contribution in [2.75, 3.05) is 0 Å². The zero-order valence-electron chi connectivity index (χ0n) is 11.4. The van der Waals surface area contributed by atoms with Crippen LogP contribution in [0.3, 0.4) is 0 Å². The maximum atomic E-state index is 2.42. The van der Waals surface area contributed by atoms with E-state index in [-0.39, 0.29) is 0 Å². The summed E-state index contributed by atoms with van der Waals surface area (Å²) in [5.41, 5.74) is 6.76. The molecule has 0 amide bonds. The molecular formula is C16H24S. The van der Waals surface area contributed by atoms with Gasteiger partial charge in [0, 0.05) is 4.88 Å². The molecule has 0 spiro atoms. The van der Waals surface area contributed by atoms with Gasteiger partial charge in [0.15, 0.2) is 0 Å². The Balaban J connectivity index is 2.34. The second kappa shape index (κ2) is 5.86. The molecule has 1 heterocycles. The van der Waals surface area contributed by atoms with Crippen LogP contribution < -0.4 is 0 Å². The number of rotatable bonds is 6. The highest BCUT2D eigenvalue weighted by Crippen LogP contribution is 2.42. The molecule has 0 saturated carbocycles. The van der Waals surface area contributed by atoms with Crippen molar-refractivity contribution in [2.45, 2.75) is 65.7 Å². The van der Waals surface area contributed by atoms with E-state index in [4.69, 9.17) is 0 Å². The smallest absolute Gasteiger partial charge is 0.0123 e. The Hall–Kier alpha value is -0.560. The lowest BCUT2D eigenvalue weighted by Gasteiger charge is -2.08. The Labute approximate surface area is 110 Å². The maximum absolute atomic E-state index is 2.42. The number of hydrogen-bond donors (Lipinski definition) is 0. The van der Waals surface area contributed by atoms with Gasteiger partial charge in [0.25, 0.3) is 0 Å².